The maximum atomic E-state index is 11.6. The molecule has 1 rings (SSSR count). The van der Waals surface area contributed by atoms with Crippen molar-refractivity contribution in [1.82, 2.24) is 10.6 Å². The van der Waals surface area contributed by atoms with Crippen LogP contribution in [0.1, 0.15) is 19.4 Å². The van der Waals surface area contributed by atoms with Crippen LogP contribution in [0.25, 0.3) is 0 Å². The van der Waals surface area contributed by atoms with Crippen molar-refractivity contribution in [3.63, 3.8) is 0 Å². The SMILES string of the molecule is CC(C)(NC(=O)OCc1ccc(NC(=O)CNC=O)cc1)C(N)=O. The first-order valence-corrected chi connectivity index (χ1v) is 7.05. The first-order chi connectivity index (χ1) is 11.2. The number of nitrogens with one attached hydrogen (secondary N) is 3. The van der Waals surface area contributed by atoms with Crippen LogP contribution in [0.15, 0.2) is 24.3 Å². The number of alkyl carbamates (subject to hydrolysis) is 1. The zero-order valence-corrected chi connectivity index (χ0v) is 13.4. The molecule has 0 saturated heterocycles. The Morgan fingerprint density at radius 1 is 1.21 bits per heavy atom. The maximum Gasteiger partial charge on any atom is 0.408 e. The molecule has 0 spiro atoms. The standard InChI is InChI=1S/C15H20N4O5/c1-15(2,13(16)22)19-14(23)24-8-10-3-5-11(6-4-10)18-12(21)7-17-9-20/h3-6,9H,7-8H2,1-2H3,(H2,16,22)(H,17,20)(H,18,21)(H,19,23). The highest BCUT2D eigenvalue weighted by atomic mass is 16.5. The van der Waals surface area contributed by atoms with E-state index in [0.29, 0.717) is 17.7 Å². The fourth-order valence-corrected chi connectivity index (χ4v) is 1.53. The number of benzene rings is 1. The van der Waals surface area contributed by atoms with E-state index in [4.69, 9.17) is 10.5 Å². The van der Waals surface area contributed by atoms with Gasteiger partial charge in [-0.2, -0.15) is 0 Å². The average Bonchev–Trinajstić information content (AvgIpc) is 2.51. The predicted octanol–water partition coefficient (Wildman–Crippen LogP) is -0.139. The third kappa shape index (κ3) is 6.34. The monoisotopic (exact) mass is 336 g/mol. The number of hydrogen-bond donors (Lipinski definition) is 4. The fourth-order valence-electron chi connectivity index (χ4n) is 1.53. The molecule has 9 nitrogen and oxygen atoms in total. The van der Waals surface area contributed by atoms with E-state index in [2.05, 4.69) is 16.0 Å². The Morgan fingerprint density at radius 2 is 1.83 bits per heavy atom. The highest BCUT2D eigenvalue weighted by molar-refractivity contribution is 5.93. The Morgan fingerprint density at radius 3 is 2.38 bits per heavy atom. The zero-order chi connectivity index (χ0) is 18.2. The molecule has 0 atom stereocenters. The van der Waals surface area contributed by atoms with Crippen molar-refractivity contribution in [1.29, 1.82) is 0 Å². The first-order valence-electron chi connectivity index (χ1n) is 7.05. The van der Waals surface area contributed by atoms with E-state index in [1.165, 1.54) is 13.8 Å². The molecule has 1 aromatic rings. The molecule has 1 aromatic carbocycles. The Labute approximate surface area is 138 Å². The van der Waals surface area contributed by atoms with Crippen molar-refractivity contribution < 1.29 is 23.9 Å². The molecular formula is C15H20N4O5. The lowest BCUT2D eigenvalue weighted by molar-refractivity contribution is -0.123. The molecule has 24 heavy (non-hydrogen) atoms. The second kappa shape index (κ2) is 8.51. The van der Waals surface area contributed by atoms with Gasteiger partial charge in [0.25, 0.3) is 0 Å². The van der Waals surface area contributed by atoms with Crippen LogP contribution in [-0.4, -0.2) is 36.4 Å². The predicted molar refractivity (Wildman–Crippen MR) is 85.7 cm³/mol. The van der Waals surface area contributed by atoms with Gasteiger partial charge in [-0.15, -0.1) is 0 Å². The normalized spacial score (nSPS) is 10.4. The number of ether oxygens (including phenoxy) is 1. The summed E-state index contributed by atoms with van der Waals surface area (Å²) in [5.74, 6) is -1.04. The molecule has 0 fully saturated rings. The summed E-state index contributed by atoms with van der Waals surface area (Å²) in [6.07, 6.45) is -0.332. The van der Waals surface area contributed by atoms with E-state index in [1.54, 1.807) is 24.3 Å². The van der Waals surface area contributed by atoms with Gasteiger partial charge in [-0.25, -0.2) is 4.79 Å². The van der Waals surface area contributed by atoms with Gasteiger partial charge in [0.1, 0.15) is 12.1 Å². The number of nitrogens with two attached hydrogens (primary N) is 1. The van der Waals surface area contributed by atoms with E-state index in [9.17, 15) is 19.2 Å². The summed E-state index contributed by atoms with van der Waals surface area (Å²) in [6, 6.07) is 6.58. The summed E-state index contributed by atoms with van der Waals surface area (Å²) in [5, 5.41) is 7.18. The Hall–Kier alpha value is -3.10. The van der Waals surface area contributed by atoms with Crippen LogP contribution < -0.4 is 21.7 Å². The minimum absolute atomic E-state index is 0.0123. The smallest absolute Gasteiger partial charge is 0.408 e. The lowest BCUT2D eigenvalue weighted by Gasteiger charge is -2.21. The molecule has 5 N–H and O–H groups in total. The van der Waals surface area contributed by atoms with Crippen molar-refractivity contribution >= 4 is 30.0 Å². The number of amides is 4. The van der Waals surface area contributed by atoms with Crippen LogP contribution >= 0.6 is 0 Å². The molecule has 0 radical (unpaired) electrons. The number of carbonyl (C=O) groups is 4. The number of primary amides is 1. The number of rotatable bonds is 8. The summed E-state index contributed by atoms with van der Waals surface area (Å²) < 4.78 is 4.99. The van der Waals surface area contributed by atoms with Gasteiger partial charge in [0, 0.05) is 5.69 Å². The zero-order valence-electron chi connectivity index (χ0n) is 13.4. The summed E-state index contributed by atoms with van der Waals surface area (Å²) >= 11 is 0. The van der Waals surface area contributed by atoms with Gasteiger partial charge >= 0.3 is 6.09 Å². The van der Waals surface area contributed by atoms with Crippen molar-refractivity contribution in [2.24, 2.45) is 5.73 Å². The molecule has 4 amide bonds. The second-order valence-electron chi connectivity index (χ2n) is 5.43. The van der Waals surface area contributed by atoms with Crippen LogP contribution in [0, 0.1) is 0 Å². The van der Waals surface area contributed by atoms with Gasteiger partial charge in [-0.05, 0) is 31.5 Å². The highest BCUT2D eigenvalue weighted by Crippen LogP contribution is 2.11. The quantitative estimate of drug-likeness (QED) is 0.489. The number of hydrogen-bond acceptors (Lipinski definition) is 5. The summed E-state index contributed by atoms with van der Waals surface area (Å²) in [5.41, 5.74) is 5.16. The third-order valence-electron chi connectivity index (χ3n) is 2.98. The summed E-state index contributed by atoms with van der Waals surface area (Å²) in [4.78, 5) is 44.2. The summed E-state index contributed by atoms with van der Waals surface area (Å²) in [7, 11) is 0. The Bertz CT molecular complexity index is 613. The molecule has 0 aliphatic heterocycles. The molecular weight excluding hydrogens is 316 g/mol. The van der Waals surface area contributed by atoms with Gasteiger partial charge in [-0.3, -0.25) is 14.4 Å². The van der Waals surface area contributed by atoms with Crippen molar-refractivity contribution in [2.45, 2.75) is 26.0 Å². The molecule has 0 saturated carbocycles. The molecule has 9 heteroatoms. The maximum absolute atomic E-state index is 11.6. The van der Waals surface area contributed by atoms with Gasteiger partial charge in [0.15, 0.2) is 0 Å². The van der Waals surface area contributed by atoms with Crippen molar-refractivity contribution in [2.75, 3.05) is 11.9 Å². The number of carbonyl (C=O) groups excluding carboxylic acids is 4. The van der Waals surface area contributed by atoms with Crippen molar-refractivity contribution in [3.05, 3.63) is 29.8 Å². The molecule has 0 aliphatic carbocycles. The fraction of sp³-hybridized carbons (Fsp3) is 0.333. The second-order valence-corrected chi connectivity index (χ2v) is 5.43. The minimum atomic E-state index is -1.21. The van der Waals surface area contributed by atoms with E-state index in [-0.39, 0.29) is 19.1 Å². The van der Waals surface area contributed by atoms with Crippen LogP contribution in [0.4, 0.5) is 10.5 Å². The minimum Gasteiger partial charge on any atom is -0.445 e. The summed E-state index contributed by atoms with van der Waals surface area (Å²) in [6.45, 7) is 2.80. The van der Waals surface area contributed by atoms with E-state index in [1.807, 2.05) is 0 Å². The lowest BCUT2D eigenvalue weighted by Crippen LogP contribution is -2.53. The Kier molecular flexibility index (Phi) is 6.72. The van der Waals surface area contributed by atoms with Crippen molar-refractivity contribution in [3.8, 4) is 0 Å². The van der Waals surface area contributed by atoms with Gasteiger partial charge < -0.3 is 26.4 Å². The lowest BCUT2D eigenvalue weighted by atomic mass is 10.1. The van der Waals surface area contributed by atoms with E-state index >= 15 is 0 Å². The van der Waals surface area contributed by atoms with E-state index < -0.39 is 17.5 Å². The highest BCUT2D eigenvalue weighted by Gasteiger charge is 2.27. The van der Waals surface area contributed by atoms with Gasteiger partial charge in [-0.1, -0.05) is 12.1 Å². The number of anilines is 1. The van der Waals surface area contributed by atoms with Crippen LogP contribution in [0.3, 0.4) is 0 Å². The van der Waals surface area contributed by atoms with Crippen LogP contribution in [0.5, 0.6) is 0 Å². The molecule has 0 unspecified atom stereocenters. The largest absolute Gasteiger partial charge is 0.445 e. The Balaban J connectivity index is 2.47. The average molecular weight is 336 g/mol. The van der Waals surface area contributed by atoms with Gasteiger partial charge in [0.2, 0.25) is 18.2 Å². The first kappa shape index (κ1) is 18.9. The van der Waals surface area contributed by atoms with Gasteiger partial charge in [0.05, 0.1) is 6.54 Å². The van der Waals surface area contributed by atoms with Crippen LogP contribution in [0.2, 0.25) is 0 Å². The van der Waals surface area contributed by atoms with Crippen LogP contribution in [-0.2, 0) is 25.7 Å². The topological polar surface area (TPSA) is 140 Å². The molecule has 0 aliphatic rings. The molecule has 0 heterocycles. The molecule has 0 bridgehead atoms. The molecule has 130 valence electrons. The third-order valence-corrected chi connectivity index (χ3v) is 2.98. The molecule has 0 aromatic heterocycles. The van der Waals surface area contributed by atoms with E-state index in [0.717, 1.165) is 0 Å².